The van der Waals surface area contributed by atoms with Gasteiger partial charge in [-0.2, -0.15) is 0 Å². The van der Waals surface area contributed by atoms with Gasteiger partial charge in [-0.25, -0.2) is 4.39 Å². The van der Waals surface area contributed by atoms with Crippen molar-refractivity contribution in [2.75, 3.05) is 26.9 Å². The van der Waals surface area contributed by atoms with E-state index in [1.165, 1.54) is 6.07 Å². The van der Waals surface area contributed by atoms with Gasteiger partial charge < -0.3 is 14.8 Å². The van der Waals surface area contributed by atoms with Crippen LogP contribution in [0.25, 0.3) is 0 Å². The number of hydrogen-bond donors (Lipinski definition) is 1. The number of benzene rings is 1. The van der Waals surface area contributed by atoms with Crippen molar-refractivity contribution in [1.82, 2.24) is 5.32 Å². The van der Waals surface area contributed by atoms with Crippen LogP contribution in [0.1, 0.15) is 32.3 Å². The maximum atomic E-state index is 13.8. The van der Waals surface area contributed by atoms with Crippen LogP contribution in [0.2, 0.25) is 0 Å². The van der Waals surface area contributed by atoms with E-state index >= 15 is 0 Å². The molecule has 1 N–H and O–H groups in total. The Labute approximate surface area is 121 Å². The molecule has 0 heterocycles. The van der Waals surface area contributed by atoms with Crippen molar-refractivity contribution in [3.8, 4) is 5.75 Å². The molecule has 0 saturated carbocycles. The standard InChI is InChI=1S/C16H26FNO2/c1-13(2)5-4-9-20-16-7-6-14(11-15(16)17)12-18-8-10-19-3/h6-7,11,13,18H,4-5,8-10,12H2,1-3H3. The van der Waals surface area contributed by atoms with E-state index in [1.54, 1.807) is 13.2 Å². The molecule has 0 aliphatic carbocycles. The maximum Gasteiger partial charge on any atom is 0.165 e. The van der Waals surface area contributed by atoms with Gasteiger partial charge in [-0.05, 0) is 36.5 Å². The number of ether oxygens (including phenoxy) is 2. The molecule has 0 aliphatic heterocycles. The molecule has 0 fully saturated rings. The lowest BCUT2D eigenvalue weighted by molar-refractivity contribution is 0.199. The van der Waals surface area contributed by atoms with Gasteiger partial charge in [0.1, 0.15) is 0 Å². The molecule has 0 aliphatic rings. The van der Waals surface area contributed by atoms with Crippen LogP contribution in [0.5, 0.6) is 5.75 Å². The van der Waals surface area contributed by atoms with E-state index in [0.717, 1.165) is 24.9 Å². The van der Waals surface area contributed by atoms with Crippen LogP contribution in [0, 0.1) is 11.7 Å². The van der Waals surface area contributed by atoms with Crippen molar-refractivity contribution in [1.29, 1.82) is 0 Å². The summed E-state index contributed by atoms with van der Waals surface area (Å²) in [7, 11) is 1.66. The molecule has 0 aromatic heterocycles. The second-order valence-corrected chi connectivity index (χ2v) is 5.32. The summed E-state index contributed by atoms with van der Waals surface area (Å²) in [5, 5.41) is 3.18. The first-order valence-electron chi connectivity index (χ1n) is 7.24. The van der Waals surface area contributed by atoms with Crippen molar-refractivity contribution >= 4 is 0 Å². The zero-order valence-electron chi connectivity index (χ0n) is 12.7. The quantitative estimate of drug-likeness (QED) is 0.668. The van der Waals surface area contributed by atoms with E-state index < -0.39 is 0 Å². The van der Waals surface area contributed by atoms with Gasteiger partial charge in [0.15, 0.2) is 11.6 Å². The first kappa shape index (κ1) is 16.9. The van der Waals surface area contributed by atoms with Gasteiger partial charge >= 0.3 is 0 Å². The first-order valence-corrected chi connectivity index (χ1v) is 7.24. The molecule has 0 unspecified atom stereocenters. The van der Waals surface area contributed by atoms with Crippen molar-refractivity contribution in [3.05, 3.63) is 29.6 Å². The SMILES string of the molecule is COCCNCc1ccc(OCCCC(C)C)c(F)c1. The Balaban J connectivity index is 2.35. The lowest BCUT2D eigenvalue weighted by atomic mass is 10.1. The highest BCUT2D eigenvalue weighted by Gasteiger charge is 2.05. The molecule has 1 aromatic carbocycles. The topological polar surface area (TPSA) is 30.5 Å². The van der Waals surface area contributed by atoms with Gasteiger partial charge in [-0.1, -0.05) is 19.9 Å². The highest BCUT2D eigenvalue weighted by molar-refractivity contribution is 5.29. The predicted molar refractivity (Wildman–Crippen MR) is 79.5 cm³/mol. The molecule has 20 heavy (non-hydrogen) atoms. The lowest BCUT2D eigenvalue weighted by Gasteiger charge is -2.10. The third kappa shape index (κ3) is 6.87. The molecule has 0 spiro atoms. The molecule has 0 saturated heterocycles. The summed E-state index contributed by atoms with van der Waals surface area (Å²) < 4.78 is 24.2. The van der Waals surface area contributed by atoms with Gasteiger partial charge in [0.2, 0.25) is 0 Å². The highest BCUT2D eigenvalue weighted by Crippen LogP contribution is 2.19. The third-order valence-electron chi connectivity index (χ3n) is 2.99. The van der Waals surface area contributed by atoms with Gasteiger partial charge in [0.25, 0.3) is 0 Å². The summed E-state index contributed by atoms with van der Waals surface area (Å²) in [5.74, 6) is 0.707. The summed E-state index contributed by atoms with van der Waals surface area (Å²) in [4.78, 5) is 0. The van der Waals surface area contributed by atoms with Gasteiger partial charge in [-0.3, -0.25) is 0 Å². The minimum atomic E-state index is -0.291. The largest absolute Gasteiger partial charge is 0.491 e. The van der Waals surface area contributed by atoms with Gasteiger partial charge in [0.05, 0.1) is 13.2 Å². The Morgan fingerprint density at radius 1 is 1.25 bits per heavy atom. The lowest BCUT2D eigenvalue weighted by Crippen LogP contribution is -2.18. The summed E-state index contributed by atoms with van der Waals surface area (Å²) in [5.41, 5.74) is 0.910. The van der Waals surface area contributed by atoms with E-state index in [1.807, 2.05) is 6.07 Å². The summed E-state index contributed by atoms with van der Waals surface area (Å²) in [6.45, 7) is 6.96. The molecule has 0 bridgehead atoms. The van der Waals surface area contributed by atoms with Gasteiger partial charge in [0, 0.05) is 20.2 Å². The highest BCUT2D eigenvalue weighted by atomic mass is 19.1. The molecule has 0 amide bonds. The average Bonchev–Trinajstić information content (AvgIpc) is 2.41. The molecule has 0 atom stereocenters. The zero-order chi connectivity index (χ0) is 14.8. The number of nitrogens with one attached hydrogen (secondary N) is 1. The third-order valence-corrected chi connectivity index (χ3v) is 2.99. The van der Waals surface area contributed by atoms with Crippen molar-refractivity contribution < 1.29 is 13.9 Å². The Kier molecular flexibility index (Phi) is 8.23. The minimum absolute atomic E-state index is 0.291. The second-order valence-electron chi connectivity index (χ2n) is 5.32. The monoisotopic (exact) mass is 283 g/mol. The predicted octanol–water partition coefficient (Wildman–Crippen LogP) is 3.38. The fourth-order valence-corrected chi connectivity index (χ4v) is 1.85. The van der Waals surface area contributed by atoms with Crippen LogP contribution >= 0.6 is 0 Å². The number of halogens is 1. The van der Waals surface area contributed by atoms with Crippen LogP contribution in [-0.2, 0) is 11.3 Å². The molecule has 1 rings (SSSR count). The zero-order valence-corrected chi connectivity index (χ0v) is 12.7. The maximum absolute atomic E-state index is 13.8. The van der Waals surface area contributed by atoms with Crippen LogP contribution in [0.3, 0.4) is 0 Å². The number of methoxy groups -OCH3 is 1. The summed E-state index contributed by atoms with van der Waals surface area (Å²) in [6.07, 6.45) is 2.06. The number of rotatable bonds is 10. The van der Waals surface area contributed by atoms with Crippen LogP contribution in [0.15, 0.2) is 18.2 Å². The molecule has 4 heteroatoms. The van der Waals surface area contributed by atoms with Crippen molar-refractivity contribution in [2.45, 2.75) is 33.2 Å². The fourth-order valence-electron chi connectivity index (χ4n) is 1.85. The Morgan fingerprint density at radius 2 is 2.05 bits per heavy atom. The molecule has 0 radical (unpaired) electrons. The van der Waals surface area contributed by atoms with Crippen molar-refractivity contribution in [2.24, 2.45) is 5.92 Å². The molecular weight excluding hydrogens is 257 g/mol. The molecule has 3 nitrogen and oxygen atoms in total. The summed E-state index contributed by atoms with van der Waals surface area (Å²) >= 11 is 0. The Morgan fingerprint density at radius 3 is 2.70 bits per heavy atom. The minimum Gasteiger partial charge on any atom is -0.491 e. The normalized spacial score (nSPS) is 11.1. The van der Waals surface area contributed by atoms with Crippen molar-refractivity contribution in [3.63, 3.8) is 0 Å². The molecule has 114 valence electrons. The van der Waals surface area contributed by atoms with Crippen LogP contribution < -0.4 is 10.1 Å². The van der Waals surface area contributed by atoms with Crippen LogP contribution in [0.4, 0.5) is 4.39 Å². The second kappa shape index (κ2) is 9.72. The summed E-state index contributed by atoms with van der Waals surface area (Å²) in [6, 6.07) is 5.12. The Hall–Kier alpha value is -1.13. The van der Waals surface area contributed by atoms with E-state index in [9.17, 15) is 4.39 Å². The molecule has 1 aromatic rings. The first-order chi connectivity index (χ1) is 9.63. The van der Waals surface area contributed by atoms with E-state index in [4.69, 9.17) is 9.47 Å². The molecular formula is C16H26FNO2. The average molecular weight is 283 g/mol. The van der Waals surface area contributed by atoms with E-state index in [0.29, 0.717) is 31.4 Å². The fraction of sp³-hybridized carbons (Fsp3) is 0.625. The Bertz CT molecular complexity index is 383. The smallest absolute Gasteiger partial charge is 0.165 e. The van der Waals surface area contributed by atoms with Crippen LogP contribution in [-0.4, -0.2) is 26.9 Å². The number of hydrogen-bond acceptors (Lipinski definition) is 3. The van der Waals surface area contributed by atoms with Gasteiger partial charge in [-0.15, -0.1) is 0 Å². The van der Waals surface area contributed by atoms with E-state index in [2.05, 4.69) is 19.2 Å². The van der Waals surface area contributed by atoms with E-state index in [-0.39, 0.29) is 5.82 Å².